The number of rotatable bonds is 4. The number of allylic oxidation sites excluding steroid dienone is 1. The Morgan fingerprint density at radius 3 is 3.00 bits per heavy atom. The van der Waals surface area contributed by atoms with Crippen molar-refractivity contribution in [3.63, 3.8) is 0 Å². The first kappa shape index (κ1) is 13.4. The molecule has 4 nitrogen and oxygen atoms in total. The van der Waals surface area contributed by atoms with Crippen LogP contribution in [0, 0.1) is 6.92 Å². The van der Waals surface area contributed by atoms with Gasteiger partial charge in [0.15, 0.2) is 0 Å². The van der Waals surface area contributed by atoms with Gasteiger partial charge in [0, 0.05) is 30.2 Å². The molecule has 6 heteroatoms. The van der Waals surface area contributed by atoms with Crippen molar-refractivity contribution in [3.8, 4) is 0 Å². The lowest BCUT2D eigenvalue weighted by Crippen LogP contribution is -2.04. The lowest BCUT2D eigenvalue weighted by molar-refractivity contribution is 1.19. The summed E-state index contributed by atoms with van der Waals surface area (Å²) in [6.07, 6.45) is 5.57. The van der Waals surface area contributed by atoms with E-state index >= 15 is 0 Å². The van der Waals surface area contributed by atoms with E-state index in [0.29, 0.717) is 6.37 Å². The average Bonchev–Trinajstić information content (AvgIpc) is 2.28. The topological polar surface area (TPSA) is 63.3 Å². The smallest absolute Gasteiger partial charge is 0.0747 e. The van der Waals surface area contributed by atoms with Gasteiger partial charge < -0.3 is 11.1 Å². The van der Waals surface area contributed by atoms with Crippen LogP contribution in [0.25, 0.3) is 0 Å². The van der Waals surface area contributed by atoms with Gasteiger partial charge in [-0.1, -0.05) is 0 Å². The van der Waals surface area contributed by atoms with Gasteiger partial charge in [-0.2, -0.15) is 0 Å². The van der Waals surface area contributed by atoms with Gasteiger partial charge in [0.1, 0.15) is 0 Å². The summed E-state index contributed by atoms with van der Waals surface area (Å²) in [7, 11) is 1.88. The number of hydrogen-bond donors (Lipinski definition) is 2. The van der Waals surface area contributed by atoms with Crippen LogP contribution < -0.4 is 11.1 Å². The number of hydrogen-bond acceptors (Lipinski definition) is 4. The lowest BCUT2D eigenvalue weighted by Gasteiger charge is -2.09. The molecular formula is C10H14IN4P. The van der Waals surface area contributed by atoms with Crippen LogP contribution in [0.15, 0.2) is 29.3 Å². The number of anilines is 1. The number of nitrogens with one attached hydrogen (secondary N) is 1. The summed E-state index contributed by atoms with van der Waals surface area (Å²) in [6.45, 7) is 1.96. The molecule has 1 atom stereocenters. The van der Waals surface area contributed by atoms with Crippen molar-refractivity contribution in [2.24, 2.45) is 10.5 Å². The minimum absolute atomic E-state index is 0.464. The van der Waals surface area contributed by atoms with Gasteiger partial charge in [-0.3, -0.25) is 9.75 Å². The Hall–Kier alpha value is -0.680. The highest BCUT2D eigenvalue weighted by atomic mass is 127. The fourth-order valence-corrected chi connectivity index (χ4v) is 2.36. The van der Waals surface area contributed by atoms with Gasteiger partial charge >= 0.3 is 0 Å². The van der Waals surface area contributed by atoms with Crippen LogP contribution in [-0.4, -0.2) is 17.7 Å². The summed E-state index contributed by atoms with van der Waals surface area (Å²) >= 11 is 2.22. The van der Waals surface area contributed by atoms with Gasteiger partial charge in [-0.15, -0.1) is 0 Å². The van der Waals surface area contributed by atoms with Gasteiger partial charge in [0.05, 0.1) is 12.1 Å². The second-order valence-electron chi connectivity index (χ2n) is 3.06. The molecule has 1 aromatic heterocycles. The van der Waals surface area contributed by atoms with E-state index in [9.17, 15) is 0 Å². The maximum absolute atomic E-state index is 5.42. The zero-order chi connectivity index (χ0) is 12.0. The van der Waals surface area contributed by atoms with Crippen LogP contribution in [0.3, 0.4) is 0 Å². The molecule has 0 aromatic carbocycles. The number of pyridine rings is 1. The van der Waals surface area contributed by atoms with Crippen molar-refractivity contribution in [3.05, 3.63) is 35.8 Å². The normalized spacial score (nSPS) is 12.8. The summed E-state index contributed by atoms with van der Waals surface area (Å²) < 4.78 is 4.41. The van der Waals surface area contributed by atoms with E-state index in [1.807, 2.05) is 26.2 Å². The molecule has 0 aliphatic rings. The van der Waals surface area contributed by atoms with Crippen molar-refractivity contribution in [1.82, 2.24) is 4.98 Å². The van der Waals surface area contributed by atoms with Gasteiger partial charge in [0.25, 0.3) is 0 Å². The Morgan fingerprint density at radius 1 is 1.69 bits per heavy atom. The maximum Gasteiger partial charge on any atom is 0.0747 e. The molecular weight excluding hydrogens is 334 g/mol. The SMILES string of the molecule is CNc1cc(C)ncc1C(/C=C\N)=N\PI. The van der Waals surface area contributed by atoms with Crippen LogP contribution in [0.4, 0.5) is 5.69 Å². The van der Waals surface area contributed by atoms with E-state index in [-0.39, 0.29) is 0 Å². The van der Waals surface area contributed by atoms with E-state index in [2.05, 4.69) is 37.1 Å². The summed E-state index contributed by atoms with van der Waals surface area (Å²) in [5, 5.41) is 3.14. The summed E-state index contributed by atoms with van der Waals surface area (Å²) in [6, 6.07) is 1.99. The Labute approximate surface area is 110 Å². The highest BCUT2D eigenvalue weighted by molar-refractivity contribution is 14.2. The third-order valence-electron chi connectivity index (χ3n) is 2.00. The van der Waals surface area contributed by atoms with Crippen molar-refractivity contribution < 1.29 is 0 Å². The Kier molecular flexibility index (Phi) is 5.69. The molecule has 1 rings (SSSR count). The second kappa shape index (κ2) is 6.81. The van der Waals surface area contributed by atoms with E-state index in [1.54, 1.807) is 6.08 Å². The third-order valence-corrected chi connectivity index (χ3v) is 3.05. The Morgan fingerprint density at radius 2 is 2.44 bits per heavy atom. The maximum atomic E-state index is 5.42. The number of nitrogens with two attached hydrogens (primary N) is 1. The van der Waals surface area contributed by atoms with E-state index in [0.717, 1.165) is 22.7 Å². The first-order valence-corrected chi connectivity index (χ1v) is 8.75. The van der Waals surface area contributed by atoms with Crippen LogP contribution in [0.2, 0.25) is 0 Å². The fraction of sp³-hybridized carbons (Fsp3) is 0.200. The molecule has 0 radical (unpaired) electrons. The van der Waals surface area contributed by atoms with Crippen molar-refractivity contribution in [1.29, 1.82) is 0 Å². The van der Waals surface area contributed by atoms with Crippen molar-refractivity contribution in [2.45, 2.75) is 6.92 Å². The highest BCUT2D eigenvalue weighted by Gasteiger charge is 2.06. The molecule has 0 spiro atoms. The molecule has 1 aromatic rings. The predicted octanol–water partition coefficient (Wildman–Crippen LogP) is 2.64. The van der Waals surface area contributed by atoms with E-state index in [1.165, 1.54) is 6.20 Å². The summed E-state index contributed by atoms with van der Waals surface area (Å²) in [5.74, 6) is 0. The standard InChI is InChI=1S/C10H14IN4P/c1-7-5-10(13-2)8(6-14-7)9(3-4-12)15-16-11/h3-6,16H,12H2,1-2H3,(H,13,14)/b4-3-,15-9-. The lowest BCUT2D eigenvalue weighted by atomic mass is 10.1. The van der Waals surface area contributed by atoms with Gasteiger partial charge in [0.2, 0.25) is 0 Å². The molecule has 0 aliphatic carbocycles. The molecule has 0 amide bonds. The Bertz CT molecular complexity index is 417. The van der Waals surface area contributed by atoms with Crippen LogP contribution >= 0.6 is 28.4 Å². The van der Waals surface area contributed by atoms with E-state index < -0.39 is 0 Å². The van der Waals surface area contributed by atoms with E-state index in [4.69, 9.17) is 5.73 Å². The first-order valence-electron chi connectivity index (χ1n) is 4.69. The van der Waals surface area contributed by atoms with Crippen LogP contribution in [0.1, 0.15) is 11.3 Å². The minimum Gasteiger partial charge on any atom is -0.405 e. The molecule has 0 saturated carbocycles. The quantitative estimate of drug-likeness (QED) is 0.500. The number of aromatic nitrogens is 1. The molecule has 3 N–H and O–H groups in total. The molecule has 0 aliphatic heterocycles. The van der Waals surface area contributed by atoms with Crippen LogP contribution in [0.5, 0.6) is 0 Å². The average molecular weight is 348 g/mol. The van der Waals surface area contributed by atoms with Gasteiger partial charge in [-0.05, 0) is 47.3 Å². The number of nitrogens with zero attached hydrogens (tertiary/aromatic N) is 2. The van der Waals surface area contributed by atoms with Crippen LogP contribution in [-0.2, 0) is 0 Å². The molecule has 86 valence electrons. The molecule has 0 fully saturated rings. The second-order valence-corrected chi connectivity index (χ2v) is 4.90. The molecule has 0 bridgehead atoms. The zero-order valence-electron chi connectivity index (χ0n) is 9.16. The predicted molar refractivity (Wildman–Crippen MR) is 80.7 cm³/mol. The monoisotopic (exact) mass is 348 g/mol. The highest BCUT2D eigenvalue weighted by Crippen LogP contribution is 2.26. The summed E-state index contributed by atoms with van der Waals surface area (Å²) in [5.41, 5.74) is 9.23. The number of halogens is 1. The molecule has 0 saturated heterocycles. The van der Waals surface area contributed by atoms with Crippen molar-refractivity contribution >= 4 is 39.8 Å². The Balaban J connectivity index is 3.23. The molecule has 1 heterocycles. The van der Waals surface area contributed by atoms with Gasteiger partial charge in [-0.25, -0.2) is 0 Å². The zero-order valence-corrected chi connectivity index (χ0v) is 12.3. The van der Waals surface area contributed by atoms with Crippen molar-refractivity contribution in [2.75, 3.05) is 12.4 Å². The summed E-state index contributed by atoms with van der Waals surface area (Å²) in [4.78, 5) is 4.28. The largest absolute Gasteiger partial charge is 0.405 e. The molecule has 16 heavy (non-hydrogen) atoms. The number of aryl methyl sites for hydroxylation is 1. The third kappa shape index (κ3) is 3.42. The molecule has 1 unspecified atom stereocenters. The minimum atomic E-state index is 0.464. The first-order chi connectivity index (χ1) is 7.72. The fourth-order valence-electron chi connectivity index (χ4n) is 1.29.